The largest absolute Gasteiger partial charge is 0.353 e. The highest BCUT2D eigenvalue weighted by Crippen LogP contribution is 2.32. The maximum Gasteiger partial charge on any atom is 0.237 e. The first-order chi connectivity index (χ1) is 14.5. The summed E-state index contributed by atoms with van der Waals surface area (Å²) >= 11 is 1.68. The van der Waals surface area contributed by atoms with Gasteiger partial charge in [0, 0.05) is 36.3 Å². The van der Waals surface area contributed by atoms with Crippen molar-refractivity contribution in [2.45, 2.75) is 56.2 Å². The fraction of sp³-hybridized carbons (Fsp3) is 0.375. The number of hydrogen-bond donors (Lipinski definition) is 1. The van der Waals surface area contributed by atoms with Crippen molar-refractivity contribution < 1.29 is 4.79 Å². The molecule has 5 nitrogen and oxygen atoms in total. The van der Waals surface area contributed by atoms with E-state index in [9.17, 15) is 4.79 Å². The summed E-state index contributed by atoms with van der Waals surface area (Å²) in [4.78, 5) is 24.2. The van der Waals surface area contributed by atoms with Crippen LogP contribution in [0.1, 0.15) is 31.5 Å². The van der Waals surface area contributed by atoms with Gasteiger partial charge in [0.15, 0.2) is 5.16 Å². The van der Waals surface area contributed by atoms with Gasteiger partial charge in [-0.25, -0.2) is 9.97 Å². The van der Waals surface area contributed by atoms with Crippen LogP contribution in [0.15, 0.2) is 59.9 Å². The van der Waals surface area contributed by atoms with Gasteiger partial charge >= 0.3 is 0 Å². The summed E-state index contributed by atoms with van der Waals surface area (Å²) in [6, 6.07) is 16.9. The Morgan fingerprint density at radius 3 is 2.77 bits per heavy atom. The summed E-state index contributed by atoms with van der Waals surface area (Å²) in [5.74, 6) is 0.110. The summed E-state index contributed by atoms with van der Waals surface area (Å²) < 4.78 is 0. The lowest BCUT2D eigenvalue weighted by atomic mass is 10.1. The number of rotatable bonds is 6. The predicted molar refractivity (Wildman–Crippen MR) is 122 cm³/mol. The van der Waals surface area contributed by atoms with Gasteiger partial charge in [-0.15, -0.1) is 0 Å². The molecule has 1 aliphatic heterocycles. The Kier molecular flexibility index (Phi) is 6.35. The topological polar surface area (TPSA) is 58.1 Å². The molecule has 30 heavy (non-hydrogen) atoms. The molecule has 1 aliphatic rings. The minimum Gasteiger partial charge on any atom is -0.353 e. The highest BCUT2D eigenvalue weighted by atomic mass is 32.2. The first kappa shape index (κ1) is 20.8. The van der Waals surface area contributed by atoms with E-state index in [1.165, 1.54) is 16.3 Å². The van der Waals surface area contributed by atoms with Gasteiger partial charge in [0.05, 0.1) is 6.04 Å². The van der Waals surface area contributed by atoms with E-state index in [4.69, 9.17) is 0 Å². The lowest BCUT2D eigenvalue weighted by Crippen LogP contribution is -2.45. The van der Waals surface area contributed by atoms with Crippen LogP contribution in [0.4, 0.5) is 0 Å². The molecule has 2 aromatic carbocycles. The number of aryl methyl sites for hydroxylation is 1. The average Bonchev–Trinajstić information content (AvgIpc) is 3.09. The second-order valence-electron chi connectivity index (χ2n) is 8.25. The van der Waals surface area contributed by atoms with Gasteiger partial charge in [0.1, 0.15) is 0 Å². The van der Waals surface area contributed by atoms with E-state index in [0.717, 1.165) is 30.4 Å². The van der Waals surface area contributed by atoms with E-state index in [1.54, 1.807) is 18.0 Å². The SMILES string of the molecule is Cc1ccnc(S[C@H]2C[C@@H](C(=O)NC(C)C)N(Cc3ccc4ccccc4c3)C2)n1. The van der Waals surface area contributed by atoms with Crippen molar-refractivity contribution >= 4 is 28.4 Å². The summed E-state index contributed by atoms with van der Waals surface area (Å²) in [7, 11) is 0. The Morgan fingerprint density at radius 2 is 2.00 bits per heavy atom. The van der Waals surface area contributed by atoms with Crippen molar-refractivity contribution in [3.8, 4) is 0 Å². The number of benzene rings is 2. The molecular formula is C24H28N4OS. The maximum absolute atomic E-state index is 12.9. The lowest BCUT2D eigenvalue weighted by molar-refractivity contribution is -0.126. The number of likely N-dealkylation sites (tertiary alicyclic amines) is 1. The third kappa shape index (κ3) is 4.99. The number of nitrogens with zero attached hydrogens (tertiary/aromatic N) is 3. The number of nitrogens with one attached hydrogen (secondary N) is 1. The molecule has 0 unspecified atom stereocenters. The van der Waals surface area contributed by atoms with Crippen LogP contribution in [0.2, 0.25) is 0 Å². The van der Waals surface area contributed by atoms with Crippen molar-refractivity contribution in [2.75, 3.05) is 6.54 Å². The van der Waals surface area contributed by atoms with Gasteiger partial charge in [-0.2, -0.15) is 0 Å². The van der Waals surface area contributed by atoms with Crippen LogP contribution in [-0.2, 0) is 11.3 Å². The van der Waals surface area contributed by atoms with Crippen molar-refractivity contribution in [2.24, 2.45) is 0 Å². The molecule has 2 heterocycles. The number of carbonyl (C=O) groups excluding carboxylic acids is 1. The molecular weight excluding hydrogens is 392 g/mol. The molecule has 2 atom stereocenters. The second-order valence-corrected chi connectivity index (χ2v) is 9.51. The van der Waals surface area contributed by atoms with Crippen LogP contribution >= 0.6 is 11.8 Å². The van der Waals surface area contributed by atoms with Gasteiger partial charge in [0.2, 0.25) is 5.91 Å². The summed E-state index contributed by atoms with van der Waals surface area (Å²) in [5, 5.41) is 6.65. The molecule has 156 valence electrons. The molecule has 1 saturated heterocycles. The van der Waals surface area contributed by atoms with Gasteiger partial charge in [-0.05, 0) is 55.7 Å². The monoisotopic (exact) mass is 420 g/mol. The molecule has 3 aromatic rings. The minimum atomic E-state index is -0.138. The van der Waals surface area contributed by atoms with Crippen LogP contribution in [0.25, 0.3) is 10.8 Å². The molecule has 1 aromatic heterocycles. The molecule has 0 bridgehead atoms. The normalized spacial score (nSPS) is 19.5. The van der Waals surface area contributed by atoms with E-state index in [-0.39, 0.29) is 23.2 Å². The zero-order valence-corrected chi connectivity index (χ0v) is 18.5. The molecule has 0 spiro atoms. The number of aromatic nitrogens is 2. The Bertz CT molecular complexity index is 1040. The molecule has 0 saturated carbocycles. The number of fused-ring (bicyclic) bond motifs is 1. The van der Waals surface area contributed by atoms with Crippen LogP contribution in [0.5, 0.6) is 0 Å². The number of thioether (sulfide) groups is 1. The Labute approximate surface area is 182 Å². The van der Waals surface area contributed by atoms with Crippen molar-refractivity contribution in [3.05, 3.63) is 66.0 Å². The van der Waals surface area contributed by atoms with Crippen molar-refractivity contribution in [1.29, 1.82) is 0 Å². The minimum absolute atomic E-state index is 0.110. The zero-order chi connectivity index (χ0) is 21.1. The third-order valence-electron chi connectivity index (χ3n) is 5.34. The Balaban J connectivity index is 1.53. The van der Waals surface area contributed by atoms with Gasteiger partial charge in [0.25, 0.3) is 0 Å². The van der Waals surface area contributed by atoms with Gasteiger partial charge < -0.3 is 5.32 Å². The van der Waals surface area contributed by atoms with Gasteiger partial charge in [-0.3, -0.25) is 9.69 Å². The zero-order valence-electron chi connectivity index (χ0n) is 17.7. The summed E-state index contributed by atoms with van der Waals surface area (Å²) in [6.45, 7) is 7.59. The molecule has 6 heteroatoms. The third-order valence-corrected chi connectivity index (χ3v) is 6.43. The molecule has 1 fully saturated rings. The van der Waals surface area contributed by atoms with Crippen LogP contribution < -0.4 is 5.32 Å². The fourth-order valence-corrected chi connectivity index (χ4v) is 5.14. The quantitative estimate of drug-likeness (QED) is 0.606. The number of amides is 1. The smallest absolute Gasteiger partial charge is 0.237 e. The van der Waals surface area contributed by atoms with Gasteiger partial charge in [-0.1, -0.05) is 48.2 Å². The first-order valence-electron chi connectivity index (χ1n) is 10.5. The molecule has 1 amide bonds. The molecule has 4 rings (SSSR count). The average molecular weight is 421 g/mol. The maximum atomic E-state index is 12.9. The van der Waals surface area contributed by atoms with Crippen LogP contribution in [0.3, 0.4) is 0 Å². The van der Waals surface area contributed by atoms with E-state index >= 15 is 0 Å². The summed E-state index contributed by atoms with van der Waals surface area (Å²) in [6.07, 6.45) is 2.60. The van der Waals surface area contributed by atoms with Crippen molar-refractivity contribution in [1.82, 2.24) is 20.2 Å². The van der Waals surface area contributed by atoms with Crippen molar-refractivity contribution in [3.63, 3.8) is 0 Å². The summed E-state index contributed by atoms with van der Waals surface area (Å²) in [5.41, 5.74) is 2.20. The van der Waals surface area contributed by atoms with E-state index in [1.807, 2.05) is 26.8 Å². The van der Waals surface area contributed by atoms with E-state index in [2.05, 4.69) is 62.6 Å². The molecule has 0 radical (unpaired) electrons. The van der Waals surface area contributed by atoms with Crippen LogP contribution in [0, 0.1) is 6.92 Å². The Hall–Kier alpha value is -2.44. The molecule has 0 aliphatic carbocycles. The molecule has 1 N–H and O–H groups in total. The second kappa shape index (κ2) is 9.14. The standard InChI is InChI=1S/C24H28N4OS/c1-16(2)26-23(29)22-13-21(30-24-25-11-10-17(3)27-24)15-28(22)14-18-8-9-19-6-4-5-7-20(19)12-18/h4-12,16,21-22H,13-15H2,1-3H3,(H,26,29)/t21-,22-/m0/s1. The predicted octanol–water partition coefficient (Wildman–Crippen LogP) is 4.20. The number of carbonyl (C=O) groups is 1. The fourth-order valence-electron chi connectivity index (χ4n) is 3.98. The van der Waals surface area contributed by atoms with Crippen LogP contribution in [-0.4, -0.2) is 44.7 Å². The lowest BCUT2D eigenvalue weighted by Gasteiger charge is -2.24. The van der Waals surface area contributed by atoms with E-state index in [0.29, 0.717) is 0 Å². The van der Waals surface area contributed by atoms with E-state index < -0.39 is 0 Å². The highest BCUT2D eigenvalue weighted by molar-refractivity contribution is 7.99. The Morgan fingerprint density at radius 1 is 1.20 bits per heavy atom. The first-order valence-corrected chi connectivity index (χ1v) is 11.3. The highest BCUT2D eigenvalue weighted by Gasteiger charge is 2.37. The number of hydrogen-bond acceptors (Lipinski definition) is 5.